The average molecular weight is 527 g/mol. The van der Waals surface area contributed by atoms with E-state index in [-0.39, 0.29) is 22.2 Å². The van der Waals surface area contributed by atoms with Gasteiger partial charge in [-0.1, -0.05) is 5.16 Å². The Morgan fingerprint density at radius 3 is 2.94 bits per heavy atom. The number of nitrogens with two attached hydrogens (primary N) is 1. The monoisotopic (exact) mass is 526 g/mol. The second-order valence-corrected chi connectivity index (χ2v) is 9.93. The highest BCUT2D eigenvalue weighted by Crippen LogP contribution is 2.40. The van der Waals surface area contributed by atoms with Crippen molar-refractivity contribution in [1.82, 2.24) is 20.2 Å². The minimum atomic E-state index is -1.20. The molecule has 4 N–H and O–H groups in total. The van der Waals surface area contributed by atoms with Crippen LogP contribution in [0.4, 0.5) is 5.13 Å². The van der Waals surface area contributed by atoms with Gasteiger partial charge in [-0.3, -0.25) is 19.5 Å². The van der Waals surface area contributed by atoms with E-state index < -0.39 is 29.2 Å². The van der Waals surface area contributed by atoms with E-state index >= 15 is 0 Å². The first kappa shape index (κ1) is 23.7. The molecule has 0 aromatic carbocycles. The van der Waals surface area contributed by atoms with Crippen molar-refractivity contribution in [3.63, 3.8) is 0 Å². The summed E-state index contributed by atoms with van der Waals surface area (Å²) in [5.41, 5.74) is 6.27. The molecule has 3 aromatic heterocycles. The van der Waals surface area contributed by atoms with Gasteiger partial charge in [-0.2, -0.15) is 0 Å². The Bertz CT molecular complexity index is 1450. The fourth-order valence-electron chi connectivity index (χ4n) is 4.10. The zero-order valence-electron chi connectivity index (χ0n) is 18.8. The third-order valence-electron chi connectivity index (χ3n) is 5.71. The summed E-state index contributed by atoms with van der Waals surface area (Å²) >= 11 is 2.52. The molecule has 14 heteroatoms. The van der Waals surface area contributed by atoms with Crippen molar-refractivity contribution in [1.29, 1.82) is 0 Å². The number of carboxylic acids is 1. The van der Waals surface area contributed by atoms with E-state index in [1.54, 1.807) is 17.8 Å². The van der Waals surface area contributed by atoms with Crippen LogP contribution < -0.4 is 15.6 Å². The number of thioether (sulfide) groups is 1. The maximum atomic E-state index is 13.0. The lowest BCUT2D eigenvalue weighted by atomic mass is 10.0. The number of aliphatic carboxylic acids is 1. The van der Waals surface area contributed by atoms with Crippen molar-refractivity contribution in [2.75, 3.05) is 18.6 Å². The van der Waals surface area contributed by atoms with Crippen molar-refractivity contribution in [3.05, 3.63) is 59.3 Å². The summed E-state index contributed by atoms with van der Waals surface area (Å²) in [6, 6.07) is 2.85. The summed E-state index contributed by atoms with van der Waals surface area (Å²) in [4.78, 5) is 52.2. The predicted octanol–water partition coefficient (Wildman–Crippen LogP) is 0.350. The van der Waals surface area contributed by atoms with Crippen LogP contribution >= 0.6 is 23.1 Å². The zero-order valence-corrected chi connectivity index (χ0v) is 20.5. The molecule has 2 aliphatic heterocycles. The number of oxime groups is 1. The van der Waals surface area contributed by atoms with Crippen molar-refractivity contribution in [2.45, 2.75) is 18.0 Å². The predicted molar refractivity (Wildman–Crippen MR) is 132 cm³/mol. The van der Waals surface area contributed by atoms with Crippen LogP contribution in [0.3, 0.4) is 0 Å². The molecule has 2 atom stereocenters. The van der Waals surface area contributed by atoms with Crippen LogP contribution in [0.2, 0.25) is 0 Å². The van der Waals surface area contributed by atoms with Gasteiger partial charge >= 0.3 is 5.97 Å². The Balaban J connectivity index is 1.36. The number of β-lactam (4-membered cyclic amide) rings is 1. The quantitative estimate of drug-likeness (QED) is 0.171. The molecule has 1 saturated heterocycles. The molecule has 0 unspecified atom stereocenters. The molecule has 3 aromatic rings. The first-order valence-corrected chi connectivity index (χ1v) is 12.6. The molecule has 184 valence electrons. The number of anilines is 1. The Labute approximate surface area is 212 Å². The Morgan fingerprint density at radius 2 is 2.22 bits per heavy atom. The number of fused-ring (bicyclic) bond motifs is 2. The molecule has 0 saturated carbocycles. The molecule has 2 amide bonds. The third-order valence-corrected chi connectivity index (χ3v) is 7.72. The minimum absolute atomic E-state index is 0.0605. The number of carboxylic acid groups (broad SMARTS) is 1. The van der Waals surface area contributed by atoms with E-state index in [1.807, 2.05) is 29.1 Å². The highest BCUT2D eigenvalue weighted by atomic mass is 32.2. The molecule has 5 rings (SSSR count). The van der Waals surface area contributed by atoms with Crippen LogP contribution in [0, 0.1) is 0 Å². The van der Waals surface area contributed by atoms with E-state index in [0.717, 1.165) is 22.1 Å². The largest absolute Gasteiger partial charge is 0.477 e. The van der Waals surface area contributed by atoms with Crippen molar-refractivity contribution in [2.24, 2.45) is 5.16 Å². The highest BCUT2D eigenvalue weighted by Gasteiger charge is 2.54. The van der Waals surface area contributed by atoms with Crippen LogP contribution in [0.15, 0.2) is 58.7 Å². The normalized spacial score (nSPS) is 19.6. The van der Waals surface area contributed by atoms with Gasteiger partial charge in [0.2, 0.25) is 0 Å². The number of nitrogen functional groups attached to an aromatic ring is 1. The lowest BCUT2D eigenvalue weighted by Gasteiger charge is -2.49. The van der Waals surface area contributed by atoms with Crippen molar-refractivity contribution >= 4 is 62.5 Å². The van der Waals surface area contributed by atoms with Crippen LogP contribution in [-0.4, -0.2) is 67.7 Å². The maximum absolute atomic E-state index is 13.0. The molecule has 36 heavy (non-hydrogen) atoms. The third kappa shape index (κ3) is 4.24. The molecular formula is C22H20N7O5S2+. The average Bonchev–Trinajstić information content (AvgIpc) is 3.30. The summed E-state index contributed by atoms with van der Waals surface area (Å²) in [5, 5.41) is 19.5. The standard InChI is InChI=1S/C22H19N7O5S2/c1-34-27-15(14-10-36-22(23)25-14)18(30)26-16-19(31)29-17(21(32)33)13(9-35-20(16)29)8-28-5-3-11-6-24-4-2-12(11)7-28/h2-7,10,16,20H,8-9H2,1H3,(H3-,23,25,26,30,32,33)/p+1/b27-15-/t16-,20-/m1/s1. The van der Waals surface area contributed by atoms with Crippen molar-refractivity contribution in [3.8, 4) is 0 Å². The Kier molecular flexibility index (Phi) is 6.28. The van der Waals surface area contributed by atoms with E-state index in [9.17, 15) is 19.5 Å². The van der Waals surface area contributed by atoms with E-state index in [1.165, 1.54) is 23.8 Å². The molecule has 0 radical (unpaired) electrons. The Hall–Kier alpha value is -4.04. The number of nitrogens with one attached hydrogen (secondary N) is 1. The van der Waals surface area contributed by atoms with Gasteiger partial charge in [0.05, 0.1) is 0 Å². The second kappa shape index (κ2) is 9.54. The number of carbonyl (C=O) groups excluding carboxylic acids is 2. The lowest BCUT2D eigenvalue weighted by Crippen LogP contribution is -2.71. The van der Waals surface area contributed by atoms with Crippen molar-refractivity contribution < 1.29 is 28.9 Å². The van der Waals surface area contributed by atoms with Gasteiger partial charge in [0, 0.05) is 45.9 Å². The van der Waals surface area contributed by atoms with Crippen LogP contribution in [0.5, 0.6) is 0 Å². The first-order chi connectivity index (χ1) is 17.4. The number of pyridine rings is 2. The summed E-state index contributed by atoms with van der Waals surface area (Å²) in [5.74, 6) is -2.00. The van der Waals surface area contributed by atoms with Gasteiger partial charge in [0.25, 0.3) is 11.8 Å². The molecular weight excluding hydrogens is 506 g/mol. The van der Waals surface area contributed by atoms with Crippen LogP contribution in [-0.2, 0) is 25.8 Å². The summed E-state index contributed by atoms with van der Waals surface area (Å²) in [7, 11) is 1.28. The lowest BCUT2D eigenvalue weighted by molar-refractivity contribution is -0.687. The molecule has 2 aliphatic rings. The molecule has 0 bridgehead atoms. The van der Waals surface area contributed by atoms with Gasteiger partial charge in [-0.05, 0) is 6.07 Å². The van der Waals surface area contributed by atoms with Gasteiger partial charge in [0.1, 0.15) is 29.9 Å². The number of hydrogen-bond acceptors (Lipinski definition) is 10. The summed E-state index contributed by atoms with van der Waals surface area (Å²) in [6.45, 7) is 0.302. The van der Waals surface area contributed by atoms with Gasteiger partial charge < -0.3 is 21.0 Å². The van der Waals surface area contributed by atoms with E-state index in [2.05, 4.69) is 20.4 Å². The highest BCUT2D eigenvalue weighted by molar-refractivity contribution is 8.00. The SMILES string of the molecule is CO/N=C(\C(=O)N[C@@H]1C(=O)N2C(C(=O)O)=C(C[n+]3ccc4cnccc4c3)CS[C@H]12)c1csc(N)n1. The zero-order chi connectivity index (χ0) is 25.4. The van der Waals surface area contributed by atoms with Gasteiger partial charge in [0.15, 0.2) is 29.8 Å². The molecule has 12 nitrogen and oxygen atoms in total. The first-order valence-electron chi connectivity index (χ1n) is 10.6. The van der Waals surface area contributed by atoms with Gasteiger partial charge in [-0.15, -0.1) is 23.1 Å². The number of carbonyl (C=O) groups is 3. The molecule has 5 heterocycles. The molecule has 0 aliphatic carbocycles. The number of thiazole rings is 1. The second-order valence-electron chi connectivity index (χ2n) is 7.93. The van der Waals surface area contributed by atoms with Crippen LogP contribution in [0.1, 0.15) is 5.69 Å². The van der Waals surface area contributed by atoms with E-state index in [0.29, 0.717) is 17.9 Å². The van der Waals surface area contributed by atoms with Gasteiger partial charge in [-0.25, -0.2) is 14.3 Å². The van der Waals surface area contributed by atoms with Crippen LogP contribution in [0.25, 0.3) is 10.8 Å². The van der Waals surface area contributed by atoms with E-state index in [4.69, 9.17) is 10.6 Å². The smallest absolute Gasteiger partial charge is 0.352 e. The number of rotatable bonds is 7. The maximum Gasteiger partial charge on any atom is 0.352 e. The number of amides is 2. The minimum Gasteiger partial charge on any atom is -0.477 e. The Morgan fingerprint density at radius 1 is 1.39 bits per heavy atom. The summed E-state index contributed by atoms with van der Waals surface area (Å²) < 4.78 is 1.87. The number of aromatic nitrogens is 3. The summed E-state index contributed by atoms with van der Waals surface area (Å²) in [6.07, 6.45) is 7.19. The topological polar surface area (TPSA) is 164 Å². The molecule has 1 fully saturated rings. The molecule has 0 spiro atoms. The number of nitrogens with zero attached hydrogens (tertiary/aromatic N) is 5. The fourth-order valence-corrected chi connectivity index (χ4v) is 5.98. The number of hydrogen-bond donors (Lipinski definition) is 3. The fraction of sp³-hybridized carbons (Fsp3) is 0.227.